The molecule has 0 bridgehead atoms. The average molecular weight is 498 g/mol. The third kappa shape index (κ3) is 4.37. The van der Waals surface area contributed by atoms with Crippen LogP contribution in [0.5, 0.6) is 0 Å². The Hall–Kier alpha value is -4.07. The number of halogens is 1. The summed E-state index contributed by atoms with van der Waals surface area (Å²) in [4.78, 5) is 2.33. The third-order valence-corrected chi connectivity index (χ3v) is 7.56. The van der Waals surface area contributed by atoms with Crippen LogP contribution >= 0.6 is 11.6 Å². The summed E-state index contributed by atoms with van der Waals surface area (Å²) in [7, 11) is 0. The van der Waals surface area contributed by atoms with E-state index in [-0.39, 0.29) is 5.41 Å². The van der Waals surface area contributed by atoms with Crippen molar-refractivity contribution >= 4 is 40.8 Å². The van der Waals surface area contributed by atoms with Crippen LogP contribution in [0.15, 0.2) is 121 Å². The topological polar surface area (TPSA) is 3.24 Å². The van der Waals surface area contributed by atoms with Gasteiger partial charge in [0.05, 0.1) is 0 Å². The molecule has 2 heteroatoms. The van der Waals surface area contributed by atoms with Gasteiger partial charge in [-0.25, -0.2) is 0 Å². The first-order valence-electron chi connectivity index (χ1n) is 12.6. The maximum absolute atomic E-state index is 6.04. The molecule has 0 unspecified atom stereocenters. The van der Waals surface area contributed by atoms with Crippen molar-refractivity contribution in [1.82, 2.24) is 0 Å². The fourth-order valence-corrected chi connectivity index (χ4v) is 5.48. The van der Waals surface area contributed by atoms with Gasteiger partial charge in [0.1, 0.15) is 0 Å². The van der Waals surface area contributed by atoms with Crippen LogP contribution in [-0.2, 0) is 5.41 Å². The fourth-order valence-electron chi connectivity index (χ4n) is 5.35. The Balaban J connectivity index is 1.39. The number of hydrogen-bond donors (Lipinski definition) is 0. The molecule has 0 fully saturated rings. The largest absolute Gasteiger partial charge is 0.310 e. The van der Waals surface area contributed by atoms with Gasteiger partial charge in [-0.3, -0.25) is 0 Å². The maximum Gasteiger partial charge on any atom is 0.0465 e. The summed E-state index contributed by atoms with van der Waals surface area (Å²) in [6.07, 6.45) is 4.32. The van der Waals surface area contributed by atoms with Crippen LogP contribution in [0.4, 0.5) is 17.1 Å². The molecule has 6 rings (SSSR count). The Labute approximate surface area is 224 Å². The van der Waals surface area contributed by atoms with Crippen molar-refractivity contribution in [1.29, 1.82) is 0 Å². The van der Waals surface area contributed by atoms with Crippen molar-refractivity contribution in [2.75, 3.05) is 4.90 Å². The number of anilines is 3. The van der Waals surface area contributed by atoms with Crippen LogP contribution in [-0.4, -0.2) is 0 Å². The van der Waals surface area contributed by atoms with Crippen LogP contribution in [0.1, 0.15) is 36.1 Å². The van der Waals surface area contributed by atoms with Gasteiger partial charge in [-0.15, -0.1) is 0 Å². The molecule has 0 saturated carbocycles. The van der Waals surface area contributed by atoms with Crippen molar-refractivity contribution in [3.05, 3.63) is 149 Å². The standard InChI is InChI=1S/C35H28ClN/c1-35(2)33-23-26(14-13-25-15-18-27(36)19-16-25)17-21-31(33)32-22-20-30(24-34(32)35)37(28-9-5-3-6-10-28)29-11-7-4-8-12-29/h3-24H,1-2H3/b14-13+. The normalized spacial score (nSPS) is 13.4. The Bertz CT molecular complexity index is 1540. The van der Waals surface area contributed by atoms with Crippen LogP contribution < -0.4 is 4.90 Å². The molecule has 180 valence electrons. The molecular formula is C35H28ClN. The first kappa shape index (κ1) is 23.3. The first-order chi connectivity index (χ1) is 18.0. The number of nitrogens with zero attached hydrogens (tertiary/aromatic N) is 1. The Morgan fingerprint density at radius 3 is 1.68 bits per heavy atom. The van der Waals surface area contributed by atoms with Crippen LogP contribution in [0, 0.1) is 0 Å². The molecule has 0 saturated heterocycles. The van der Waals surface area contributed by atoms with Crippen molar-refractivity contribution in [2.24, 2.45) is 0 Å². The summed E-state index contributed by atoms with van der Waals surface area (Å²) >= 11 is 6.04. The molecule has 1 aliphatic carbocycles. The SMILES string of the molecule is CC1(C)c2cc(/C=C/c3ccc(Cl)cc3)ccc2-c2ccc(N(c3ccccc3)c3ccccc3)cc21. The fraction of sp³-hybridized carbons (Fsp3) is 0.0857. The van der Waals surface area contributed by atoms with E-state index in [4.69, 9.17) is 11.6 Å². The summed E-state index contributed by atoms with van der Waals surface area (Å²) < 4.78 is 0. The third-order valence-electron chi connectivity index (χ3n) is 7.31. The zero-order valence-corrected chi connectivity index (χ0v) is 21.8. The van der Waals surface area contributed by atoms with E-state index in [1.165, 1.54) is 33.5 Å². The Morgan fingerprint density at radius 2 is 1.05 bits per heavy atom. The highest BCUT2D eigenvalue weighted by molar-refractivity contribution is 6.30. The van der Waals surface area contributed by atoms with Gasteiger partial charge in [0, 0.05) is 27.5 Å². The van der Waals surface area contributed by atoms with Gasteiger partial charge in [-0.2, -0.15) is 0 Å². The molecule has 0 aromatic heterocycles. The van der Waals surface area contributed by atoms with E-state index in [1.54, 1.807) is 0 Å². The van der Waals surface area contributed by atoms with E-state index >= 15 is 0 Å². The van der Waals surface area contributed by atoms with Crippen LogP contribution in [0.2, 0.25) is 5.02 Å². The number of benzene rings is 5. The van der Waals surface area contributed by atoms with E-state index in [9.17, 15) is 0 Å². The molecule has 0 atom stereocenters. The molecule has 0 aliphatic heterocycles. The van der Waals surface area contributed by atoms with E-state index in [0.717, 1.165) is 22.0 Å². The van der Waals surface area contributed by atoms with Crippen molar-refractivity contribution in [2.45, 2.75) is 19.3 Å². The zero-order chi connectivity index (χ0) is 25.4. The highest BCUT2D eigenvalue weighted by atomic mass is 35.5. The highest BCUT2D eigenvalue weighted by Gasteiger charge is 2.36. The minimum Gasteiger partial charge on any atom is -0.310 e. The quantitative estimate of drug-likeness (QED) is 0.218. The zero-order valence-electron chi connectivity index (χ0n) is 21.0. The summed E-state index contributed by atoms with van der Waals surface area (Å²) in [5.41, 5.74) is 11.1. The first-order valence-corrected chi connectivity index (χ1v) is 13.0. The van der Waals surface area contributed by atoms with Gasteiger partial charge in [-0.1, -0.05) is 110 Å². The van der Waals surface area contributed by atoms with E-state index < -0.39 is 0 Å². The molecule has 0 N–H and O–H groups in total. The predicted molar refractivity (Wildman–Crippen MR) is 159 cm³/mol. The van der Waals surface area contributed by atoms with Crippen molar-refractivity contribution in [3.8, 4) is 11.1 Å². The smallest absolute Gasteiger partial charge is 0.0465 e. The number of rotatable bonds is 5. The molecule has 0 heterocycles. The number of para-hydroxylation sites is 2. The summed E-state index contributed by atoms with van der Waals surface area (Å²) in [5, 5.41) is 0.756. The molecule has 5 aromatic carbocycles. The summed E-state index contributed by atoms with van der Waals surface area (Å²) in [6, 6.07) is 42.8. The van der Waals surface area contributed by atoms with E-state index in [1.807, 2.05) is 24.3 Å². The lowest BCUT2D eigenvalue weighted by molar-refractivity contribution is 0.660. The van der Waals surface area contributed by atoms with E-state index in [2.05, 4.69) is 128 Å². The van der Waals surface area contributed by atoms with Gasteiger partial charge in [-0.05, 0) is 81.9 Å². The molecule has 0 spiro atoms. The van der Waals surface area contributed by atoms with Crippen molar-refractivity contribution in [3.63, 3.8) is 0 Å². The minimum absolute atomic E-state index is 0.107. The number of fused-ring (bicyclic) bond motifs is 3. The Morgan fingerprint density at radius 1 is 0.541 bits per heavy atom. The molecular weight excluding hydrogens is 470 g/mol. The molecule has 37 heavy (non-hydrogen) atoms. The van der Waals surface area contributed by atoms with Gasteiger partial charge in [0.2, 0.25) is 0 Å². The minimum atomic E-state index is -0.107. The summed E-state index contributed by atoms with van der Waals surface area (Å²) in [6.45, 7) is 4.67. The monoisotopic (exact) mass is 497 g/mol. The number of hydrogen-bond acceptors (Lipinski definition) is 1. The van der Waals surface area contributed by atoms with Crippen LogP contribution in [0.3, 0.4) is 0 Å². The van der Waals surface area contributed by atoms with Gasteiger partial charge in [0.15, 0.2) is 0 Å². The molecule has 0 amide bonds. The average Bonchev–Trinajstić information content (AvgIpc) is 3.15. The lowest BCUT2D eigenvalue weighted by Crippen LogP contribution is -2.16. The lowest BCUT2D eigenvalue weighted by atomic mass is 9.81. The predicted octanol–water partition coefficient (Wildman–Crippen LogP) is 10.3. The second kappa shape index (κ2) is 9.42. The molecule has 5 aromatic rings. The second-order valence-corrected chi connectivity index (χ2v) is 10.5. The maximum atomic E-state index is 6.04. The van der Waals surface area contributed by atoms with Gasteiger partial charge in [0.25, 0.3) is 0 Å². The van der Waals surface area contributed by atoms with Gasteiger partial charge >= 0.3 is 0 Å². The highest BCUT2D eigenvalue weighted by Crippen LogP contribution is 2.51. The molecule has 0 radical (unpaired) electrons. The molecule has 1 aliphatic rings. The lowest BCUT2D eigenvalue weighted by Gasteiger charge is -2.28. The second-order valence-electron chi connectivity index (χ2n) is 10.1. The molecule has 1 nitrogen and oxygen atoms in total. The van der Waals surface area contributed by atoms with Crippen molar-refractivity contribution < 1.29 is 0 Å². The van der Waals surface area contributed by atoms with E-state index in [0.29, 0.717) is 0 Å². The van der Waals surface area contributed by atoms with Crippen LogP contribution in [0.25, 0.3) is 23.3 Å². The Kier molecular flexibility index (Phi) is 5.94. The summed E-state index contributed by atoms with van der Waals surface area (Å²) in [5.74, 6) is 0. The van der Waals surface area contributed by atoms with Gasteiger partial charge < -0.3 is 4.90 Å².